The molecule has 2 aromatic rings. The molecule has 2 rings (SSSR count). The van der Waals surface area contributed by atoms with Gasteiger partial charge in [-0.3, -0.25) is 0 Å². The lowest BCUT2D eigenvalue weighted by atomic mass is 10.2. The molecule has 0 aliphatic carbocycles. The summed E-state index contributed by atoms with van der Waals surface area (Å²) in [6.07, 6.45) is 1.63. The molecule has 5 heteroatoms. The van der Waals surface area contributed by atoms with Crippen molar-refractivity contribution in [2.75, 3.05) is 7.05 Å². The van der Waals surface area contributed by atoms with Gasteiger partial charge < -0.3 is 5.32 Å². The lowest BCUT2D eigenvalue weighted by Crippen LogP contribution is -2.07. The zero-order chi connectivity index (χ0) is 13.7. The van der Waals surface area contributed by atoms with Gasteiger partial charge in [0.1, 0.15) is 12.2 Å². The number of hydrogen-bond donors (Lipinski definition) is 1. The first-order chi connectivity index (χ1) is 9.20. The highest BCUT2D eigenvalue weighted by atomic mass is 32.2. The Balaban J connectivity index is 1.96. The van der Waals surface area contributed by atoms with E-state index in [-0.39, 0.29) is 0 Å². The van der Waals surface area contributed by atoms with Crippen molar-refractivity contribution in [3.05, 3.63) is 42.0 Å². The number of nitrogens with one attached hydrogen (secondary N) is 1. The average Bonchev–Trinajstić information content (AvgIpc) is 2.87. The average molecular weight is 276 g/mol. The molecule has 1 aromatic heterocycles. The van der Waals surface area contributed by atoms with E-state index in [0.29, 0.717) is 6.04 Å². The van der Waals surface area contributed by atoms with Crippen molar-refractivity contribution in [2.24, 2.45) is 0 Å². The number of nitrogens with zero attached hydrogens (tertiary/aromatic N) is 3. The minimum atomic E-state index is 0.358. The molecule has 0 fully saturated rings. The molecular weight excluding hydrogens is 256 g/mol. The maximum atomic E-state index is 4.32. The second-order valence-corrected chi connectivity index (χ2v) is 5.73. The molecule has 1 N–H and O–H groups in total. The molecule has 1 heterocycles. The third-order valence-corrected chi connectivity index (χ3v) is 3.82. The van der Waals surface area contributed by atoms with E-state index in [4.69, 9.17) is 0 Å². The number of benzene rings is 1. The summed E-state index contributed by atoms with van der Waals surface area (Å²) in [6.45, 7) is 5.15. The van der Waals surface area contributed by atoms with Crippen LogP contribution in [0.1, 0.15) is 31.3 Å². The standard InChI is InChI=1S/C14H20N4S/c1-11(2)18-14(16-10-17-18)9-19-13-6-4-12(5-7-13)8-15-3/h4-7,10-11,15H,8-9H2,1-3H3. The Morgan fingerprint density at radius 3 is 2.63 bits per heavy atom. The molecule has 0 aliphatic rings. The highest BCUT2D eigenvalue weighted by molar-refractivity contribution is 7.98. The molecular formula is C14H20N4S. The van der Waals surface area contributed by atoms with E-state index in [2.05, 4.69) is 53.5 Å². The van der Waals surface area contributed by atoms with Crippen LogP contribution in [0.5, 0.6) is 0 Å². The summed E-state index contributed by atoms with van der Waals surface area (Å²) < 4.78 is 1.97. The summed E-state index contributed by atoms with van der Waals surface area (Å²) in [5.74, 6) is 1.88. The molecule has 1 aromatic carbocycles. The SMILES string of the molecule is CNCc1ccc(SCc2ncnn2C(C)C)cc1. The van der Waals surface area contributed by atoms with Crippen LogP contribution in [0.25, 0.3) is 0 Å². The Labute approximate surface area is 118 Å². The maximum absolute atomic E-state index is 4.32. The summed E-state index contributed by atoms with van der Waals surface area (Å²) in [7, 11) is 1.96. The number of thioether (sulfide) groups is 1. The van der Waals surface area contributed by atoms with Gasteiger partial charge in [0.25, 0.3) is 0 Å². The zero-order valence-electron chi connectivity index (χ0n) is 11.6. The molecule has 0 saturated heterocycles. The predicted octanol–water partition coefficient (Wildman–Crippen LogP) is 2.87. The molecule has 102 valence electrons. The third kappa shape index (κ3) is 3.81. The van der Waals surface area contributed by atoms with Gasteiger partial charge in [-0.05, 0) is 38.6 Å². The summed E-state index contributed by atoms with van der Waals surface area (Å²) >= 11 is 1.79. The highest BCUT2D eigenvalue weighted by Gasteiger charge is 2.07. The topological polar surface area (TPSA) is 42.7 Å². The molecule has 0 atom stereocenters. The summed E-state index contributed by atoms with van der Waals surface area (Å²) in [5, 5.41) is 7.40. The molecule has 0 amide bonds. The van der Waals surface area contributed by atoms with Gasteiger partial charge in [-0.15, -0.1) is 11.8 Å². The molecule has 0 saturated carbocycles. The fraction of sp³-hybridized carbons (Fsp3) is 0.429. The van der Waals surface area contributed by atoms with Crippen molar-refractivity contribution in [2.45, 2.75) is 37.1 Å². The van der Waals surface area contributed by atoms with E-state index >= 15 is 0 Å². The smallest absolute Gasteiger partial charge is 0.138 e. The fourth-order valence-corrected chi connectivity index (χ4v) is 2.70. The molecule has 0 unspecified atom stereocenters. The van der Waals surface area contributed by atoms with Crippen molar-refractivity contribution < 1.29 is 0 Å². The van der Waals surface area contributed by atoms with Crippen LogP contribution >= 0.6 is 11.8 Å². The van der Waals surface area contributed by atoms with Crippen LogP contribution in [0, 0.1) is 0 Å². The van der Waals surface area contributed by atoms with E-state index in [0.717, 1.165) is 18.1 Å². The molecule has 0 bridgehead atoms. The monoisotopic (exact) mass is 276 g/mol. The quantitative estimate of drug-likeness (QED) is 0.824. The van der Waals surface area contributed by atoms with E-state index in [1.165, 1.54) is 10.5 Å². The Kier molecular flexibility index (Phi) is 4.99. The first-order valence-electron chi connectivity index (χ1n) is 6.45. The lowest BCUT2D eigenvalue weighted by molar-refractivity contribution is 0.514. The molecule has 0 aliphatic heterocycles. The molecule has 4 nitrogen and oxygen atoms in total. The van der Waals surface area contributed by atoms with Gasteiger partial charge in [-0.2, -0.15) is 5.10 Å². The van der Waals surface area contributed by atoms with Crippen molar-refractivity contribution in [3.63, 3.8) is 0 Å². The van der Waals surface area contributed by atoms with E-state index in [9.17, 15) is 0 Å². The van der Waals surface area contributed by atoms with Gasteiger partial charge >= 0.3 is 0 Å². The first kappa shape index (κ1) is 14.1. The van der Waals surface area contributed by atoms with Crippen LogP contribution in [0.15, 0.2) is 35.5 Å². The summed E-state index contributed by atoms with van der Waals surface area (Å²) in [4.78, 5) is 5.58. The molecule has 0 radical (unpaired) electrons. The number of hydrogen-bond acceptors (Lipinski definition) is 4. The highest BCUT2D eigenvalue weighted by Crippen LogP contribution is 2.23. The van der Waals surface area contributed by atoms with Crippen LogP contribution in [0.4, 0.5) is 0 Å². The predicted molar refractivity (Wildman–Crippen MR) is 79.2 cm³/mol. The van der Waals surface area contributed by atoms with Gasteiger partial charge in [-0.25, -0.2) is 9.67 Å². The second-order valence-electron chi connectivity index (χ2n) is 4.68. The van der Waals surface area contributed by atoms with Crippen LogP contribution in [-0.2, 0) is 12.3 Å². The van der Waals surface area contributed by atoms with Gasteiger partial charge in [0.15, 0.2) is 0 Å². The van der Waals surface area contributed by atoms with Crippen LogP contribution in [-0.4, -0.2) is 21.8 Å². The Morgan fingerprint density at radius 2 is 2.00 bits per heavy atom. The van der Waals surface area contributed by atoms with Crippen LogP contribution in [0.3, 0.4) is 0 Å². The van der Waals surface area contributed by atoms with E-state index in [1.807, 2.05) is 11.7 Å². The largest absolute Gasteiger partial charge is 0.316 e. The van der Waals surface area contributed by atoms with Crippen molar-refractivity contribution in [3.8, 4) is 0 Å². The van der Waals surface area contributed by atoms with Gasteiger partial charge in [0, 0.05) is 17.5 Å². The Morgan fingerprint density at radius 1 is 1.26 bits per heavy atom. The summed E-state index contributed by atoms with van der Waals surface area (Å²) in [6, 6.07) is 9.00. The molecule has 0 spiro atoms. The zero-order valence-corrected chi connectivity index (χ0v) is 12.4. The van der Waals surface area contributed by atoms with Crippen molar-refractivity contribution >= 4 is 11.8 Å². The first-order valence-corrected chi connectivity index (χ1v) is 7.44. The van der Waals surface area contributed by atoms with Gasteiger partial charge in [0.2, 0.25) is 0 Å². The lowest BCUT2D eigenvalue weighted by Gasteiger charge is -2.09. The minimum absolute atomic E-state index is 0.358. The Hall–Kier alpha value is -1.33. The van der Waals surface area contributed by atoms with E-state index < -0.39 is 0 Å². The Bertz CT molecular complexity index is 504. The number of aromatic nitrogens is 3. The van der Waals surface area contributed by atoms with Gasteiger partial charge in [-0.1, -0.05) is 12.1 Å². The van der Waals surface area contributed by atoms with E-state index in [1.54, 1.807) is 18.1 Å². The summed E-state index contributed by atoms with van der Waals surface area (Å²) in [5.41, 5.74) is 1.30. The van der Waals surface area contributed by atoms with Gasteiger partial charge in [0.05, 0.1) is 5.75 Å². The maximum Gasteiger partial charge on any atom is 0.138 e. The fourth-order valence-electron chi connectivity index (χ4n) is 1.86. The van der Waals surface area contributed by atoms with Crippen molar-refractivity contribution in [1.29, 1.82) is 0 Å². The van der Waals surface area contributed by atoms with Crippen LogP contribution in [0.2, 0.25) is 0 Å². The third-order valence-electron chi connectivity index (χ3n) is 2.81. The van der Waals surface area contributed by atoms with Crippen LogP contribution < -0.4 is 5.32 Å². The minimum Gasteiger partial charge on any atom is -0.316 e. The van der Waals surface area contributed by atoms with Crippen molar-refractivity contribution in [1.82, 2.24) is 20.1 Å². The second kappa shape index (κ2) is 6.73. The molecule has 19 heavy (non-hydrogen) atoms. The number of rotatable bonds is 6. The normalized spacial score (nSPS) is 11.2.